The molecule has 1 rings (SSSR count). The highest BCUT2D eigenvalue weighted by molar-refractivity contribution is 5.94. The van der Waals surface area contributed by atoms with Crippen LogP contribution in [0, 0.1) is 0 Å². The molecule has 1 aromatic rings. The third kappa shape index (κ3) is 6.08. The number of nitrogens with one attached hydrogen (secondary N) is 1. The van der Waals surface area contributed by atoms with E-state index >= 15 is 0 Å². The fourth-order valence-corrected chi connectivity index (χ4v) is 2.13. The third-order valence-electron chi connectivity index (χ3n) is 3.58. The quantitative estimate of drug-likeness (QED) is 0.723. The van der Waals surface area contributed by atoms with Gasteiger partial charge in [-0.3, -0.25) is 9.59 Å². The fraction of sp³-hybridized carbons (Fsp3) is 0.529. The van der Waals surface area contributed by atoms with Crippen LogP contribution < -0.4 is 14.8 Å². The predicted molar refractivity (Wildman–Crippen MR) is 92.7 cm³/mol. The minimum atomic E-state index is -0.216. The minimum absolute atomic E-state index is 0.00258. The Morgan fingerprint density at radius 2 is 1.71 bits per heavy atom. The molecule has 0 aliphatic heterocycles. The molecule has 1 aromatic carbocycles. The molecule has 7 heteroatoms. The first kappa shape index (κ1) is 19.8. The lowest BCUT2D eigenvalue weighted by atomic mass is 10.2. The summed E-state index contributed by atoms with van der Waals surface area (Å²) in [6, 6.07) is 4.99. The molecule has 0 heterocycles. The maximum absolute atomic E-state index is 12.2. The highest BCUT2D eigenvalue weighted by atomic mass is 16.5. The Hall–Kier alpha value is -2.28. The van der Waals surface area contributed by atoms with Gasteiger partial charge in [-0.2, -0.15) is 0 Å². The molecule has 0 saturated heterocycles. The smallest absolute Gasteiger partial charge is 0.251 e. The van der Waals surface area contributed by atoms with Crippen molar-refractivity contribution < 1.29 is 19.1 Å². The maximum Gasteiger partial charge on any atom is 0.251 e. The van der Waals surface area contributed by atoms with E-state index in [-0.39, 0.29) is 11.8 Å². The van der Waals surface area contributed by atoms with Gasteiger partial charge in [0.1, 0.15) is 0 Å². The van der Waals surface area contributed by atoms with Crippen molar-refractivity contribution in [3.05, 3.63) is 23.8 Å². The van der Waals surface area contributed by atoms with E-state index in [1.165, 1.54) is 14.0 Å². The zero-order valence-corrected chi connectivity index (χ0v) is 15.1. The number of amides is 2. The van der Waals surface area contributed by atoms with Crippen molar-refractivity contribution in [2.24, 2.45) is 0 Å². The molecule has 134 valence electrons. The van der Waals surface area contributed by atoms with Crippen molar-refractivity contribution in [2.45, 2.75) is 6.92 Å². The van der Waals surface area contributed by atoms with E-state index in [0.717, 1.165) is 6.54 Å². The number of carbonyl (C=O) groups excluding carboxylic acids is 2. The van der Waals surface area contributed by atoms with Crippen molar-refractivity contribution >= 4 is 11.8 Å². The van der Waals surface area contributed by atoms with Gasteiger partial charge in [0.2, 0.25) is 5.91 Å². The molecule has 0 spiro atoms. The highest BCUT2D eigenvalue weighted by Gasteiger charge is 2.12. The third-order valence-corrected chi connectivity index (χ3v) is 3.58. The summed E-state index contributed by atoms with van der Waals surface area (Å²) in [5, 5.41) is 2.82. The van der Waals surface area contributed by atoms with Crippen LogP contribution in [0.2, 0.25) is 0 Å². The summed E-state index contributed by atoms with van der Waals surface area (Å²) >= 11 is 0. The van der Waals surface area contributed by atoms with E-state index in [2.05, 4.69) is 5.32 Å². The summed E-state index contributed by atoms with van der Waals surface area (Å²) in [6.07, 6.45) is 0. The molecule has 0 atom stereocenters. The Bertz CT molecular complexity index is 561. The number of hydrogen-bond donors (Lipinski definition) is 1. The van der Waals surface area contributed by atoms with Crippen molar-refractivity contribution in [2.75, 3.05) is 54.5 Å². The van der Waals surface area contributed by atoms with Gasteiger partial charge in [-0.25, -0.2) is 0 Å². The Kier molecular flexibility index (Phi) is 8.05. The Balaban J connectivity index is 2.57. The first-order valence-electron chi connectivity index (χ1n) is 7.79. The van der Waals surface area contributed by atoms with Gasteiger partial charge in [-0.1, -0.05) is 0 Å². The summed E-state index contributed by atoms with van der Waals surface area (Å²) < 4.78 is 10.3. The first-order chi connectivity index (χ1) is 11.4. The number of hydrogen-bond acceptors (Lipinski definition) is 5. The minimum Gasteiger partial charge on any atom is -0.493 e. The number of rotatable bonds is 9. The molecule has 0 bridgehead atoms. The molecular formula is C17H27N3O4. The van der Waals surface area contributed by atoms with Crippen LogP contribution in [-0.4, -0.2) is 76.1 Å². The number of ether oxygens (including phenoxy) is 2. The lowest BCUT2D eigenvalue weighted by Crippen LogP contribution is -2.40. The second-order valence-electron chi connectivity index (χ2n) is 5.64. The summed E-state index contributed by atoms with van der Waals surface area (Å²) in [5.74, 6) is 0.853. The van der Waals surface area contributed by atoms with Crippen molar-refractivity contribution in [1.82, 2.24) is 15.1 Å². The molecule has 0 aliphatic carbocycles. The average Bonchev–Trinajstić information content (AvgIpc) is 2.56. The van der Waals surface area contributed by atoms with Crippen LogP contribution in [0.3, 0.4) is 0 Å². The van der Waals surface area contributed by atoms with Crippen molar-refractivity contribution in [1.29, 1.82) is 0 Å². The van der Waals surface area contributed by atoms with Gasteiger partial charge in [-0.05, 0) is 32.3 Å². The average molecular weight is 337 g/mol. The Labute approximate surface area is 143 Å². The molecule has 0 unspecified atom stereocenters. The van der Waals surface area contributed by atoms with Gasteiger partial charge in [0, 0.05) is 38.7 Å². The Morgan fingerprint density at radius 3 is 2.25 bits per heavy atom. The van der Waals surface area contributed by atoms with E-state index in [4.69, 9.17) is 9.47 Å². The van der Waals surface area contributed by atoms with Crippen LogP contribution in [0.4, 0.5) is 0 Å². The summed E-state index contributed by atoms with van der Waals surface area (Å²) in [5.41, 5.74) is 0.482. The summed E-state index contributed by atoms with van der Waals surface area (Å²) in [7, 11) is 6.98. The van der Waals surface area contributed by atoms with Crippen molar-refractivity contribution in [3.63, 3.8) is 0 Å². The van der Waals surface area contributed by atoms with Crippen LogP contribution in [0.15, 0.2) is 18.2 Å². The molecule has 0 radical (unpaired) electrons. The molecule has 1 N–H and O–H groups in total. The van der Waals surface area contributed by atoms with Gasteiger partial charge < -0.3 is 24.6 Å². The van der Waals surface area contributed by atoms with E-state index in [9.17, 15) is 9.59 Å². The van der Waals surface area contributed by atoms with E-state index < -0.39 is 0 Å². The van der Waals surface area contributed by atoms with Crippen LogP contribution in [0.1, 0.15) is 17.3 Å². The molecule has 7 nitrogen and oxygen atoms in total. The molecule has 0 fully saturated rings. The Morgan fingerprint density at radius 1 is 1.04 bits per heavy atom. The fourth-order valence-electron chi connectivity index (χ4n) is 2.13. The normalized spacial score (nSPS) is 10.4. The van der Waals surface area contributed by atoms with Gasteiger partial charge in [-0.15, -0.1) is 0 Å². The van der Waals surface area contributed by atoms with Crippen LogP contribution in [-0.2, 0) is 4.79 Å². The summed E-state index contributed by atoms with van der Waals surface area (Å²) in [6.45, 7) is 3.81. The monoisotopic (exact) mass is 337 g/mol. The zero-order valence-electron chi connectivity index (χ0n) is 15.1. The second kappa shape index (κ2) is 9.77. The zero-order chi connectivity index (χ0) is 18.1. The van der Waals surface area contributed by atoms with Gasteiger partial charge in [0.25, 0.3) is 5.91 Å². The molecule has 0 aromatic heterocycles. The van der Waals surface area contributed by atoms with E-state index in [0.29, 0.717) is 36.7 Å². The van der Waals surface area contributed by atoms with Crippen LogP contribution in [0.25, 0.3) is 0 Å². The molecular weight excluding hydrogens is 310 g/mol. The van der Waals surface area contributed by atoms with Crippen LogP contribution in [0.5, 0.6) is 11.5 Å². The molecule has 2 amide bonds. The second-order valence-corrected chi connectivity index (χ2v) is 5.64. The number of nitrogens with zero attached hydrogens (tertiary/aromatic N) is 2. The lowest BCUT2D eigenvalue weighted by Gasteiger charge is -2.23. The number of methoxy groups -OCH3 is 2. The lowest BCUT2D eigenvalue weighted by molar-refractivity contribution is -0.128. The first-order valence-corrected chi connectivity index (χ1v) is 7.79. The highest BCUT2D eigenvalue weighted by Crippen LogP contribution is 2.27. The molecule has 0 aliphatic rings. The van der Waals surface area contributed by atoms with E-state index in [1.807, 2.05) is 19.0 Å². The standard InChI is InChI=1S/C17H27N3O4/c1-13(21)20(11-10-19(2)3)9-8-18-17(22)14-6-7-15(23-4)16(12-14)24-5/h6-7,12H,8-11H2,1-5H3,(H,18,22). The van der Waals surface area contributed by atoms with Crippen LogP contribution >= 0.6 is 0 Å². The predicted octanol–water partition coefficient (Wildman–Crippen LogP) is 0.844. The van der Waals surface area contributed by atoms with Crippen molar-refractivity contribution in [3.8, 4) is 11.5 Å². The van der Waals surface area contributed by atoms with Gasteiger partial charge >= 0.3 is 0 Å². The molecule has 0 saturated carbocycles. The topological polar surface area (TPSA) is 71.1 Å². The van der Waals surface area contributed by atoms with E-state index in [1.54, 1.807) is 30.2 Å². The largest absolute Gasteiger partial charge is 0.493 e. The van der Waals surface area contributed by atoms with Gasteiger partial charge in [0.15, 0.2) is 11.5 Å². The molecule has 24 heavy (non-hydrogen) atoms. The SMILES string of the molecule is COc1ccc(C(=O)NCCN(CCN(C)C)C(C)=O)cc1OC. The summed E-state index contributed by atoms with van der Waals surface area (Å²) in [4.78, 5) is 27.6. The number of likely N-dealkylation sites (N-methyl/N-ethyl adjacent to an activating group) is 1. The number of carbonyl (C=O) groups is 2. The van der Waals surface area contributed by atoms with Gasteiger partial charge in [0.05, 0.1) is 14.2 Å². The number of benzene rings is 1. The maximum atomic E-state index is 12.2.